The monoisotopic (exact) mass is 414 g/mol. The van der Waals surface area contributed by atoms with E-state index in [0.29, 0.717) is 36.7 Å². The first kappa shape index (κ1) is 21.5. The van der Waals surface area contributed by atoms with Crippen molar-refractivity contribution in [3.8, 4) is 0 Å². The second-order valence-corrected chi connectivity index (χ2v) is 10.1. The average Bonchev–Trinajstić information content (AvgIpc) is 2.70. The summed E-state index contributed by atoms with van der Waals surface area (Å²) in [4.78, 5) is 13.0. The van der Waals surface area contributed by atoms with Crippen molar-refractivity contribution < 1.29 is 13.2 Å². The molecule has 6 heteroatoms. The lowest BCUT2D eigenvalue weighted by atomic mass is 9.97. The van der Waals surface area contributed by atoms with Gasteiger partial charge in [0.15, 0.2) is 0 Å². The molecule has 1 heterocycles. The summed E-state index contributed by atoms with van der Waals surface area (Å²) in [6, 6.07) is 13.4. The van der Waals surface area contributed by atoms with Crippen LogP contribution in [0, 0.1) is 19.8 Å². The van der Waals surface area contributed by atoms with Crippen molar-refractivity contribution in [3.05, 3.63) is 59.2 Å². The fraction of sp³-hybridized carbons (Fsp3) is 0.435. The molecule has 0 radical (unpaired) electrons. The van der Waals surface area contributed by atoms with Gasteiger partial charge in [-0.25, -0.2) is 8.42 Å². The Morgan fingerprint density at radius 3 is 2.24 bits per heavy atom. The van der Waals surface area contributed by atoms with Gasteiger partial charge in [-0.1, -0.05) is 38.1 Å². The second kappa shape index (κ2) is 8.67. The molecule has 5 nitrogen and oxygen atoms in total. The molecule has 0 saturated carbocycles. The van der Waals surface area contributed by atoms with Gasteiger partial charge in [-0.05, 0) is 67.5 Å². The highest BCUT2D eigenvalue weighted by Gasteiger charge is 2.32. The van der Waals surface area contributed by atoms with E-state index in [4.69, 9.17) is 0 Å². The number of nitrogens with one attached hydrogen (secondary N) is 1. The number of hydrogen-bond donors (Lipinski definition) is 1. The van der Waals surface area contributed by atoms with Crippen LogP contribution in [-0.2, 0) is 14.8 Å². The molecule has 0 unspecified atom stereocenters. The molecule has 1 fully saturated rings. The predicted octanol–water partition coefficient (Wildman–Crippen LogP) is 4.47. The van der Waals surface area contributed by atoms with Crippen LogP contribution in [0.25, 0.3) is 0 Å². The van der Waals surface area contributed by atoms with Crippen LogP contribution in [0.15, 0.2) is 47.4 Å². The van der Waals surface area contributed by atoms with Gasteiger partial charge in [0.1, 0.15) is 0 Å². The van der Waals surface area contributed by atoms with Gasteiger partial charge >= 0.3 is 0 Å². The molecule has 0 aliphatic carbocycles. The number of amides is 1. The van der Waals surface area contributed by atoms with Crippen LogP contribution >= 0.6 is 0 Å². The number of hydrogen-bond acceptors (Lipinski definition) is 3. The lowest BCUT2D eigenvalue weighted by Gasteiger charge is -2.31. The summed E-state index contributed by atoms with van der Waals surface area (Å²) in [6.45, 7) is 8.70. The molecule has 2 aromatic carbocycles. The lowest BCUT2D eigenvalue weighted by Crippen LogP contribution is -2.41. The van der Waals surface area contributed by atoms with Crippen LogP contribution in [-0.4, -0.2) is 31.7 Å². The molecule has 0 atom stereocenters. The molecule has 29 heavy (non-hydrogen) atoms. The number of nitrogens with zero attached hydrogens (tertiary/aromatic N) is 1. The van der Waals surface area contributed by atoms with E-state index < -0.39 is 10.0 Å². The molecule has 156 valence electrons. The Kier molecular flexibility index (Phi) is 6.44. The van der Waals surface area contributed by atoms with Crippen molar-refractivity contribution in [3.63, 3.8) is 0 Å². The molecule has 0 aromatic heterocycles. The van der Waals surface area contributed by atoms with E-state index in [1.54, 1.807) is 6.07 Å². The Morgan fingerprint density at radius 1 is 1.03 bits per heavy atom. The summed E-state index contributed by atoms with van der Waals surface area (Å²) in [5, 5.41) is 2.97. The van der Waals surface area contributed by atoms with Gasteiger partial charge in [-0.15, -0.1) is 0 Å². The number of benzene rings is 2. The van der Waals surface area contributed by atoms with Gasteiger partial charge in [-0.3, -0.25) is 4.79 Å². The maximum absolute atomic E-state index is 13.0. The predicted molar refractivity (Wildman–Crippen MR) is 117 cm³/mol. The van der Waals surface area contributed by atoms with Gasteiger partial charge in [0.25, 0.3) is 0 Å². The highest BCUT2D eigenvalue weighted by atomic mass is 32.2. The average molecular weight is 415 g/mol. The Labute approximate surface area is 174 Å². The van der Waals surface area contributed by atoms with Gasteiger partial charge < -0.3 is 5.32 Å². The first-order chi connectivity index (χ1) is 13.7. The zero-order chi connectivity index (χ0) is 21.2. The summed E-state index contributed by atoms with van der Waals surface area (Å²) in [6.07, 6.45) is 1.06. The van der Waals surface area contributed by atoms with Gasteiger partial charge in [0.05, 0.1) is 4.90 Å². The Hall–Kier alpha value is -2.18. The third-order valence-electron chi connectivity index (χ3n) is 5.63. The minimum absolute atomic E-state index is 0.0360. The smallest absolute Gasteiger partial charge is 0.243 e. The molecule has 1 saturated heterocycles. The zero-order valence-electron chi connectivity index (χ0n) is 17.6. The van der Waals surface area contributed by atoms with Gasteiger partial charge in [0, 0.05) is 24.7 Å². The number of carbonyl (C=O) groups excluding carboxylic acids is 1. The molecular weight excluding hydrogens is 384 g/mol. The molecular formula is C23H30N2O3S. The first-order valence-electron chi connectivity index (χ1n) is 10.2. The van der Waals surface area contributed by atoms with E-state index in [0.717, 1.165) is 16.8 Å². The Morgan fingerprint density at radius 2 is 1.66 bits per heavy atom. The number of rotatable bonds is 5. The van der Waals surface area contributed by atoms with E-state index in [9.17, 15) is 13.2 Å². The zero-order valence-corrected chi connectivity index (χ0v) is 18.4. The van der Waals surface area contributed by atoms with Crippen molar-refractivity contribution in [2.24, 2.45) is 5.92 Å². The summed E-state index contributed by atoms with van der Waals surface area (Å²) in [5.74, 6) is 0.235. The van der Waals surface area contributed by atoms with Crippen LogP contribution in [0.5, 0.6) is 0 Å². The van der Waals surface area contributed by atoms with Crippen molar-refractivity contribution in [2.45, 2.75) is 51.3 Å². The fourth-order valence-corrected chi connectivity index (χ4v) is 5.46. The number of carbonyl (C=O) groups is 1. The molecule has 1 amide bonds. The van der Waals surface area contributed by atoms with Crippen LogP contribution < -0.4 is 5.32 Å². The largest absolute Gasteiger partial charge is 0.326 e. The Bertz CT molecular complexity index is 974. The topological polar surface area (TPSA) is 66.5 Å². The molecule has 1 aliphatic rings. The van der Waals surface area contributed by atoms with Crippen molar-refractivity contribution in [2.75, 3.05) is 18.4 Å². The SMILES string of the molecule is Cc1ccc(C)c(S(=O)(=O)N2CCC(C(=O)Nc3ccc(C(C)C)cc3)CC2)c1. The highest BCUT2D eigenvalue weighted by Crippen LogP contribution is 2.27. The third-order valence-corrected chi connectivity index (χ3v) is 7.67. The van der Waals surface area contributed by atoms with E-state index >= 15 is 0 Å². The molecule has 1 N–H and O–H groups in total. The van der Waals surface area contributed by atoms with Crippen molar-refractivity contribution in [1.29, 1.82) is 0 Å². The summed E-state index contributed by atoms with van der Waals surface area (Å²) >= 11 is 0. The van der Waals surface area contributed by atoms with Crippen molar-refractivity contribution >= 4 is 21.6 Å². The molecule has 0 bridgehead atoms. The molecule has 0 spiro atoms. The van der Waals surface area contributed by atoms with E-state index in [2.05, 4.69) is 19.2 Å². The highest BCUT2D eigenvalue weighted by molar-refractivity contribution is 7.89. The van der Waals surface area contributed by atoms with E-state index in [1.165, 1.54) is 9.87 Å². The molecule has 2 aromatic rings. The van der Waals surface area contributed by atoms with E-state index in [-0.39, 0.29) is 11.8 Å². The summed E-state index contributed by atoms with van der Waals surface area (Å²) in [5.41, 5.74) is 3.69. The number of anilines is 1. The Balaban J connectivity index is 1.62. The lowest BCUT2D eigenvalue weighted by molar-refractivity contribution is -0.120. The fourth-order valence-electron chi connectivity index (χ4n) is 3.68. The quantitative estimate of drug-likeness (QED) is 0.785. The first-order valence-corrected chi connectivity index (χ1v) is 11.6. The van der Waals surface area contributed by atoms with Gasteiger partial charge in [0.2, 0.25) is 15.9 Å². The standard InChI is InChI=1S/C23H30N2O3S/c1-16(2)19-7-9-21(10-8-19)24-23(26)20-11-13-25(14-12-20)29(27,28)22-15-17(3)5-6-18(22)4/h5-10,15-16,20H,11-14H2,1-4H3,(H,24,26). The maximum atomic E-state index is 13.0. The number of aryl methyl sites for hydroxylation is 2. The third kappa shape index (κ3) is 4.87. The minimum atomic E-state index is -3.53. The number of sulfonamides is 1. The summed E-state index contributed by atoms with van der Waals surface area (Å²) in [7, 11) is -3.53. The van der Waals surface area contributed by atoms with Gasteiger partial charge in [-0.2, -0.15) is 4.31 Å². The van der Waals surface area contributed by atoms with E-state index in [1.807, 2.05) is 50.2 Å². The normalized spacial score (nSPS) is 16.2. The maximum Gasteiger partial charge on any atom is 0.243 e. The second-order valence-electron chi connectivity index (χ2n) is 8.21. The minimum Gasteiger partial charge on any atom is -0.326 e. The number of piperidine rings is 1. The van der Waals surface area contributed by atoms with Crippen LogP contribution in [0.3, 0.4) is 0 Å². The summed E-state index contributed by atoms with van der Waals surface area (Å²) < 4.78 is 27.6. The van der Waals surface area contributed by atoms with Crippen LogP contribution in [0.2, 0.25) is 0 Å². The molecule has 3 rings (SSSR count). The van der Waals surface area contributed by atoms with Crippen molar-refractivity contribution in [1.82, 2.24) is 4.31 Å². The van der Waals surface area contributed by atoms with Crippen LogP contribution in [0.1, 0.15) is 49.3 Å². The van der Waals surface area contributed by atoms with Crippen LogP contribution in [0.4, 0.5) is 5.69 Å². The molecule has 1 aliphatic heterocycles.